The molecule has 0 bridgehead atoms. The zero-order valence-electron chi connectivity index (χ0n) is 9.14. The van der Waals surface area contributed by atoms with Crippen LogP contribution >= 0.6 is 11.3 Å². The number of pyridine rings is 1. The molecular formula is C13H9NO2S. The Hall–Kier alpha value is -1.94. The van der Waals surface area contributed by atoms with Crippen LogP contribution in [0.15, 0.2) is 35.8 Å². The predicted octanol–water partition coefficient (Wildman–Crippen LogP) is 3.24. The molecule has 0 atom stereocenters. The monoisotopic (exact) mass is 243 g/mol. The molecule has 0 spiro atoms. The average Bonchev–Trinajstić information content (AvgIpc) is 2.85. The van der Waals surface area contributed by atoms with Gasteiger partial charge in [-0.25, -0.2) is 4.79 Å². The van der Waals surface area contributed by atoms with Crippen LogP contribution in [0.25, 0.3) is 21.0 Å². The fraction of sp³-hybridized carbons (Fsp3) is 0.0769. The Kier molecular flexibility index (Phi) is 2.30. The molecule has 0 amide bonds. The molecule has 0 N–H and O–H groups in total. The summed E-state index contributed by atoms with van der Waals surface area (Å²) in [6.45, 7) is 0. The van der Waals surface area contributed by atoms with E-state index in [1.165, 1.54) is 11.8 Å². The minimum absolute atomic E-state index is 0.333. The van der Waals surface area contributed by atoms with E-state index in [2.05, 4.69) is 4.98 Å². The Balaban J connectivity index is 2.30. The number of carbonyl (C=O) groups is 1. The minimum Gasteiger partial charge on any atom is -0.465 e. The summed E-state index contributed by atoms with van der Waals surface area (Å²) < 4.78 is 5.89. The van der Waals surface area contributed by atoms with Gasteiger partial charge in [-0.05, 0) is 23.6 Å². The van der Waals surface area contributed by atoms with Gasteiger partial charge in [0, 0.05) is 21.7 Å². The van der Waals surface area contributed by atoms with Crippen molar-refractivity contribution in [1.29, 1.82) is 0 Å². The summed E-state index contributed by atoms with van der Waals surface area (Å²) >= 11 is 1.68. The van der Waals surface area contributed by atoms with E-state index in [9.17, 15) is 4.79 Å². The van der Waals surface area contributed by atoms with Crippen LogP contribution in [-0.2, 0) is 4.74 Å². The topological polar surface area (TPSA) is 39.2 Å². The molecule has 0 saturated heterocycles. The Morgan fingerprint density at radius 2 is 2.24 bits per heavy atom. The van der Waals surface area contributed by atoms with E-state index in [1.54, 1.807) is 23.5 Å². The number of hydrogen-bond acceptors (Lipinski definition) is 4. The maximum Gasteiger partial charge on any atom is 0.337 e. The van der Waals surface area contributed by atoms with Crippen LogP contribution in [0, 0.1) is 0 Å². The highest BCUT2D eigenvalue weighted by atomic mass is 32.1. The van der Waals surface area contributed by atoms with Gasteiger partial charge in [-0.15, -0.1) is 11.3 Å². The molecule has 4 heteroatoms. The third-order valence-electron chi connectivity index (χ3n) is 2.70. The number of ether oxygens (including phenoxy) is 1. The molecule has 0 aliphatic rings. The van der Waals surface area contributed by atoms with E-state index < -0.39 is 0 Å². The first kappa shape index (κ1) is 10.2. The van der Waals surface area contributed by atoms with Crippen LogP contribution in [0.2, 0.25) is 0 Å². The Morgan fingerprint density at radius 1 is 1.35 bits per heavy atom. The van der Waals surface area contributed by atoms with Gasteiger partial charge in [0.15, 0.2) is 0 Å². The highest BCUT2D eigenvalue weighted by Gasteiger charge is 2.08. The first-order valence-corrected chi connectivity index (χ1v) is 6.02. The number of nitrogens with zero attached hydrogens (tertiary/aromatic N) is 1. The van der Waals surface area contributed by atoms with Crippen LogP contribution in [0.5, 0.6) is 0 Å². The van der Waals surface area contributed by atoms with Crippen molar-refractivity contribution in [2.45, 2.75) is 0 Å². The summed E-state index contributed by atoms with van der Waals surface area (Å²) in [6, 6.07) is 7.50. The van der Waals surface area contributed by atoms with E-state index in [4.69, 9.17) is 4.74 Å². The molecule has 0 aliphatic heterocycles. The van der Waals surface area contributed by atoms with Gasteiger partial charge in [0.25, 0.3) is 0 Å². The Morgan fingerprint density at radius 3 is 3.06 bits per heavy atom. The van der Waals surface area contributed by atoms with Crippen LogP contribution < -0.4 is 0 Å². The molecular weight excluding hydrogens is 234 g/mol. The van der Waals surface area contributed by atoms with Crippen LogP contribution in [-0.4, -0.2) is 18.1 Å². The van der Waals surface area contributed by atoms with Crippen molar-refractivity contribution in [3.05, 3.63) is 41.4 Å². The molecule has 2 heterocycles. The highest BCUT2D eigenvalue weighted by molar-refractivity contribution is 7.18. The van der Waals surface area contributed by atoms with Crippen molar-refractivity contribution >= 4 is 38.3 Å². The van der Waals surface area contributed by atoms with E-state index >= 15 is 0 Å². The number of aromatic nitrogens is 1. The summed E-state index contributed by atoms with van der Waals surface area (Å²) in [5.74, 6) is -0.333. The molecule has 0 radical (unpaired) electrons. The van der Waals surface area contributed by atoms with Gasteiger partial charge in [0.05, 0.1) is 18.2 Å². The standard InChI is InChI=1S/C13H9NO2S/c1-16-13(15)8-2-3-10-11(6-8)14-7-9-4-5-17-12(9)10/h2-7H,1H3. The van der Waals surface area contributed by atoms with Gasteiger partial charge >= 0.3 is 5.97 Å². The third kappa shape index (κ3) is 1.57. The average molecular weight is 243 g/mol. The van der Waals surface area contributed by atoms with Gasteiger partial charge in [0.1, 0.15) is 0 Å². The molecule has 3 rings (SSSR count). The molecule has 3 aromatic rings. The normalized spacial score (nSPS) is 10.9. The number of methoxy groups -OCH3 is 1. The third-order valence-corrected chi connectivity index (χ3v) is 3.67. The number of benzene rings is 1. The molecule has 17 heavy (non-hydrogen) atoms. The lowest BCUT2D eigenvalue weighted by Gasteiger charge is -2.02. The molecule has 3 nitrogen and oxygen atoms in total. The van der Waals surface area contributed by atoms with E-state index in [-0.39, 0.29) is 5.97 Å². The SMILES string of the molecule is COC(=O)c1ccc2c(c1)ncc1ccsc12. The smallest absolute Gasteiger partial charge is 0.337 e. The lowest BCUT2D eigenvalue weighted by atomic mass is 10.1. The van der Waals surface area contributed by atoms with Gasteiger partial charge in [0.2, 0.25) is 0 Å². The van der Waals surface area contributed by atoms with E-state index in [0.717, 1.165) is 16.3 Å². The first-order chi connectivity index (χ1) is 8.29. The van der Waals surface area contributed by atoms with Gasteiger partial charge in [-0.1, -0.05) is 6.07 Å². The van der Waals surface area contributed by atoms with Crippen molar-refractivity contribution in [1.82, 2.24) is 4.98 Å². The Labute approximate surface area is 102 Å². The molecule has 0 fully saturated rings. The summed E-state index contributed by atoms with van der Waals surface area (Å²) in [5.41, 5.74) is 1.35. The second kappa shape index (κ2) is 3.82. The first-order valence-electron chi connectivity index (χ1n) is 5.14. The highest BCUT2D eigenvalue weighted by Crippen LogP contribution is 2.28. The van der Waals surface area contributed by atoms with Crippen molar-refractivity contribution in [2.75, 3.05) is 7.11 Å². The van der Waals surface area contributed by atoms with Crippen LogP contribution in [0.1, 0.15) is 10.4 Å². The zero-order valence-corrected chi connectivity index (χ0v) is 9.95. The molecule has 1 aromatic carbocycles. The van der Waals surface area contributed by atoms with Crippen molar-refractivity contribution in [3.63, 3.8) is 0 Å². The number of thiophene rings is 1. The Bertz CT molecular complexity index is 718. The molecule has 2 aromatic heterocycles. The fourth-order valence-electron chi connectivity index (χ4n) is 1.85. The van der Waals surface area contributed by atoms with Crippen molar-refractivity contribution < 1.29 is 9.53 Å². The van der Waals surface area contributed by atoms with E-state index in [1.807, 2.05) is 23.7 Å². The summed E-state index contributed by atoms with van der Waals surface area (Å²) in [4.78, 5) is 15.8. The van der Waals surface area contributed by atoms with Crippen LogP contribution in [0.4, 0.5) is 0 Å². The lowest BCUT2D eigenvalue weighted by Crippen LogP contribution is -2.00. The summed E-state index contributed by atoms with van der Waals surface area (Å²) in [6.07, 6.45) is 1.83. The quantitative estimate of drug-likeness (QED) is 0.616. The van der Waals surface area contributed by atoms with Crippen LogP contribution in [0.3, 0.4) is 0 Å². The fourth-order valence-corrected chi connectivity index (χ4v) is 2.76. The van der Waals surface area contributed by atoms with Crippen molar-refractivity contribution in [2.24, 2.45) is 0 Å². The lowest BCUT2D eigenvalue weighted by molar-refractivity contribution is 0.0601. The predicted molar refractivity (Wildman–Crippen MR) is 68.5 cm³/mol. The summed E-state index contributed by atoms with van der Waals surface area (Å²) in [7, 11) is 1.38. The van der Waals surface area contributed by atoms with Gasteiger partial charge < -0.3 is 4.74 Å². The van der Waals surface area contributed by atoms with Gasteiger partial charge in [-0.2, -0.15) is 0 Å². The summed E-state index contributed by atoms with van der Waals surface area (Å²) in [5, 5.41) is 4.25. The molecule has 0 unspecified atom stereocenters. The zero-order chi connectivity index (χ0) is 11.8. The number of fused-ring (bicyclic) bond motifs is 3. The number of esters is 1. The molecule has 0 saturated carbocycles. The van der Waals surface area contributed by atoms with E-state index in [0.29, 0.717) is 5.56 Å². The minimum atomic E-state index is -0.333. The maximum atomic E-state index is 11.4. The molecule has 84 valence electrons. The number of carbonyl (C=O) groups excluding carboxylic acids is 1. The maximum absolute atomic E-state index is 11.4. The number of hydrogen-bond donors (Lipinski definition) is 0. The molecule has 0 aliphatic carbocycles. The second-order valence-electron chi connectivity index (χ2n) is 3.69. The number of rotatable bonds is 1. The second-order valence-corrected chi connectivity index (χ2v) is 4.60. The van der Waals surface area contributed by atoms with Crippen molar-refractivity contribution in [3.8, 4) is 0 Å². The largest absolute Gasteiger partial charge is 0.465 e. The van der Waals surface area contributed by atoms with Gasteiger partial charge in [-0.3, -0.25) is 4.98 Å².